The molecule has 0 unspecified atom stereocenters. The van der Waals surface area contributed by atoms with Gasteiger partial charge in [0.2, 0.25) is 0 Å². The first-order valence-electron chi connectivity index (χ1n) is 6.61. The van der Waals surface area contributed by atoms with Gasteiger partial charge < -0.3 is 9.67 Å². The summed E-state index contributed by atoms with van der Waals surface area (Å²) >= 11 is 0. The molecule has 0 aliphatic carbocycles. The molecule has 1 N–H and O–H groups in total. The van der Waals surface area contributed by atoms with Crippen LogP contribution in [0.5, 0.6) is 0 Å². The Kier molecular flexibility index (Phi) is 3.61. The molecule has 0 bridgehead atoms. The lowest BCUT2D eigenvalue weighted by molar-refractivity contribution is 0.271. The Morgan fingerprint density at radius 3 is 2.40 bits per heavy atom. The molecule has 20 heavy (non-hydrogen) atoms. The molecule has 0 radical (unpaired) electrons. The van der Waals surface area contributed by atoms with Gasteiger partial charge in [0.1, 0.15) is 0 Å². The first-order chi connectivity index (χ1) is 9.86. The van der Waals surface area contributed by atoms with E-state index >= 15 is 0 Å². The van der Waals surface area contributed by atoms with Crippen LogP contribution in [0.25, 0.3) is 11.1 Å². The Bertz CT molecular complexity index is 675. The first-order valence-corrected chi connectivity index (χ1v) is 6.61. The van der Waals surface area contributed by atoms with Crippen molar-refractivity contribution in [2.45, 2.75) is 13.2 Å². The van der Waals surface area contributed by atoms with E-state index in [1.165, 1.54) is 5.56 Å². The van der Waals surface area contributed by atoms with Crippen molar-refractivity contribution in [1.29, 1.82) is 0 Å². The number of nitrogens with zero attached hydrogens (tertiary/aromatic N) is 2. The van der Waals surface area contributed by atoms with E-state index in [1.54, 1.807) is 12.4 Å². The minimum atomic E-state index is 0.0396. The van der Waals surface area contributed by atoms with Crippen molar-refractivity contribution in [3.05, 3.63) is 78.4 Å². The number of hydrogen-bond acceptors (Lipinski definition) is 2. The van der Waals surface area contributed by atoms with Gasteiger partial charge in [-0.05, 0) is 34.9 Å². The van der Waals surface area contributed by atoms with Crippen molar-refractivity contribution in [2.24, 2.45) is 0 Å². The fourth-order valence-corrected chi connectivity index (χ4v) is 2.32. The summed E-state index contributed by atoms with van der Waals surface area (Å²) in [5.41, 5.74) is 4.36. The second-order valence-electron chi connectivity index (χ2n) is 4.73. The summed E-state index contributed by atoms with van der Waals surface area (Å²) in [6, 6.07) is 16.2. The topological polar surface area (TPSA) is 38.1 Å². The summed E-state index contributed by atoms with van der Waals surface area (Å²) in [5, 5.41) is 9.52. The minimum absolute atomic E-state index is 0.0396. The Hall–Kier alpha value is -2.39. The van der Waals surface area contributed by atoms with Crippen LogP contribution in [-0.4, -0.2) is 14.7 Å². The number of aliphatic hydroxyl groups excluding tert-OH is 1. The van der Waals surface area contributed by atoms with Gasteiger partial charge in [0.05, 0.1) is 6.61 Å². The predicted octanol–water partition coefficient (Wildman–Crippen LogP) is 3.09. The Balaban J connectivity index is 1.93. The summed E-state index contributed by atoms with van der Waals surface area (Å²) in [5.74, 6) is 0. The summed E-state index contributed by atoms with van der Waals surface area (Å²) in [7, 11) is 0. The van der Waals surface area contributed by atoms with E-state index in [1.807, 2.05) is 36.4 Å². The Labute approximate surface area is 118 Å². The fraction of sp³-hybridized carbons (Fsp3) is 0.118. The lowest BCUT2D eigenvalue weighted by Gasteiger charge is -2.07. The Morgan fingerprint density at radius 2 is 1.70 bits per heavy atom. The Morgan fingerprint density at radius 1 is 0.950 bits per heavy atom. The van der Waals surface area contributed by atoms with Gasteiger partial charge in [-0.15, -0.1) is 0 Å². The van der Waals surface area contributed by atoms with E-state index in [4.69, 9.17) is 0 Å². The summed E-state index contributed by atoms with van der Waals surface area (Å²) in [6.07, 6.45) is 5.64. The van der Waals surface area contributed by atoms with Gasteiger partial charge in [0, 0.05) is 30.8 Å². The van der Waals surface area contributed by atoms with Crippen molar-refractivity contribution in [3.63, 3.8) is 0 Å². The number of aromatic nitrogens is 2. The largest absolute Gasteiger partial charge is 0.390 e. The third-order valence-corrected chi connectivity index (χ3v) is 3.36. The predicted molar refractivity (Wildman–Crippen MR) is 79.1 cm³/mol. The second-order valence-corrected chi connectivity index (χ2v) is 4.73. The van der Waals surface area contributed by atoms with Crippen LogP contribution in [0.4, 0.5) is 0 Å². The van der Waals surface area contributed by atoms with Crippen molar-refractivity contribution in [2.75, 3.05) is 0 Å². The molecular formula is C17H16N2O. The number of hydrogen-bond donors (Lipinski definition) is 1. The van der Waals surface area contributed by atoms with E-state index in [2.05, 4.69) is 27.9 Å². The van der Waals surface area contributed by atoms with Gasteiger partial charge in [0.15, 0.2) is 0 Å². The van der Waals surface area contributed by atoms with Gasteiger partial charge in [-0.1, -0.05) is 30.3 Å². The van der Waals surface area contributed by atoms with Gasteiger partial charge in [-0.3, -0.25) is 4.98 Å². The van der Waals surface area contributed by atoms with Crippen molar-refractivity contribution in [3.8, 4) is 11.1 Å². The molecule has 3 nitrogen and oxygen atoms in total. The smallest absolute Gasteiger partial charge is 0.0833 e. The van der Waals surface area contributed by atoms with E-state index in [0.29, 0.717) is 0 Å². The zero-order valence-electron chi connectivity index (χ0n) is 11.1. The van der Waals surface area contributed by atoms with E-state index in [0.717, 1.165) is 23.4 Å². The van der Waals surface area contributed by atoms with Gasteiger partial charge in [-0.2, -0.15) is 0 Å². The van der Waals surface area contributed by atoms with Gasteiger partial charge >= 0.3 is 0 Å². The van der Waals surface area contributed by atoms with E-state index in [9.17, 15) is 5.11 Å². The van der Waals surface area contributed by atoms with Crippen LogP contribution >= 0.6 is 0 Å². The van der Waals surface area contributed by atoms with Crippen LogP contribution in [0.15, 0.2) is 67.1 Å². The normalized spacial score (nSPS) is 10.7. The highest BCUT2D eigenvalue weighted by molar-refractivity contribution is 5.63. The summed E-state index contributed by atoms with van der Waals surface area (Å²) in [4.78, 5) is 4.03. The first kappa shape index (κ1) is 12.6. The molecule has 0 aliphatic rings. The molecule has 0 amide bonds. The average Bonchev–Trinajstić information content (AvgIpc) is 2.92. The molecule has 2 aromatic heterocycles. The molecule has 0 fully saturated rings. The molecule has 3 heteroatoms. The van der Waals surface area contributed by atoms with Crippen molar-refractivity contribution in [1.82, 2.24) is 9.55 Å². The van der Waals surface area contributed by atoms with Gasteiger partial charge in [-0.25, -0.2) is 0 Å². The number of benzene rings is 1. The molecule has 100 valence electrons. The van der Waals surface area contributed by atoms with Gasteiger partial charge in [0.25, 0.3) is 0 Å². The maximum Gasteiger partial charge on any atom is 0.0833 e. The zero-order valence-corrected chi connectivity index (χ0v) is 11.1. The lowest BCUT2D eigenvalue weighted by atomic mass is 10.1. The molecule has 1 aromatic carbocycles. The maximum absolute atomic E-state index is 9.52. The van der Waals surface area contributed by atoms with E-state index in [-0.39, 0.29) is 6.61 Å². The summed E-state index contributed by atoms with van der Waals surface area (Å²) in [6.45, 7) is 0.805. The third-order valence-electron chi connectivity index (χ3n) is 3.36. The van der Waals surface area contributed by atoms with Crippen LogP contribution in [0.3, 0.4) is 0 Å². The molecule has 0 saturated carbocycles. The highest BCUT2D eigenvalue weighted by Gasteiger charge is 2.07. The molecule has 2 heterocycles. The second kappa shape index (κ2) is 5.72. The van der Waals surface area contributed by atoms with Crippen molar-refractivity contribution < 1.29 is 5.11 Å². The molecule has 0 spiro atoms. The highest BCUT2D eigenvalue weighted by Crippen LogP contribution is 2.22. The minimum Gasteiger partial charge on any atom is -0.390 e. The fourth-order valence-electron chi connectivity index (χ4n) is 2.32. The highest BCUT2D eigenvalue weighted by atomic mass is 16.3. The SMILES string of the molecule is OCc1cc(-c2ccncc2)cn1Cc1ccccc1. The molecule has 3 rings (SSSR count). The molecule has 0 atom stereocenters. The quantitative estimate of drug-likeness (QED) is 0.786. The molecule has 0 saturated heterocycles. The van der Waals surface area contributed by atoms with Crippen LogP contribution < -0.4 is 0 Å². The number of rotatable bonds is 4. The summed E-state index contributed by atoms with van der Waals surface area (Å²) < 4.78 is 2.09. The maximum atomic E-state index is 9.52. The third kappa shape index (κ3) is 2.63. The van der Waals surface area contributed by atoms with Crippen molar-refractivity contribution >= 4 is 0 Å². The van der Waals surface area contributed by atoms with Crippen LogP contribution in [-0.2, 0) is 13.2 Å². The van der Waals surface area contributed by atoms with Crippen LogP contribution in [0, 0.1) is 0 Å². The molecule has 3 aromatic rings. The monoisotopic (exact) mass is 264 g/mol. The molecular weight excluding hydrogens is 248 g/mol. The lowest BCUT2D eigenvalue weighted by Crippen LogP contribution is -2.02. The number of aliphatic hydroxyl groups is 1. The van der Waals surface area contributed by atoms with E-state index < -0.39 is 0 Å². The molecule has 0 aliphatic heterocycles. The standard InChI is InChI=1S/C17H16N2O/c20-13-17-10-16(15-6-8-18-9-7-15)12-19(17)11-14-4-2-1-3-5-14/h1-10,12,20H,11,13H2. The van der Waals surface area contributed by atoms with Crippen LogP contribution in [0.2, 0.25) is 0 Å². The van der Waals surface area contributed by atoms with Crippen LogP contribution in [0.1, 0.15) is 11.3 Å². The average molecular weight is 264 g/mol. The zero-order chi connectivity index (χ0) is 13.8. The number of pyridine rings is 1.